The summed E-state index contributed by atoms with van der Waals surface area (Å²) in [6.45, 7) is 7.33. The highest BCUT2D eigenvalue weighted by molar-refractivity contribution is 5.86. The summed E-state index contributed by atoms with van der Waals surface area (Å²) >= 11 is 0. The number of fused-ring (bicyclic) bond motifs is 1. The minimum atomic E-state index is -0.420. The van der Waals surface area contributed by atoms with Gasteiger partial charge in [-0.2, -0.15) is 0 Å². The predicted molar refractivity (Wildman–Crippen MR) is 70.7 cm³/mol. The van der Waals surface area contributed by atoms with Gasteiger partial charge in [0, 0.05) is 25.9 Å². The smallest absolute Gasteiger partial charge is 0.410 e. The summed E-state index contributed by atoms with van der Waals surface area (Å²) in [5, 5.41) is 0. The average molecular weight is 265 g/mol. The first-order valence-corrected chi connectivity index (χ1v) is 7.26. The van der Waals surface area contributed by atoms with Gasteiger partial charge in [-0.15, -0.1) is 0 Å². The van der Waals surface area contributed by atoms with Crippen LogP contribution in [0.15, 0.2) is 0 Å². The molecule has 1 spiro atoms. The fraction of sp³-hybridized carbons (Fsp3) is 0.867. The summed E-state index contributed by atoms with van der Waals surface area (Å²) < 4.78 is 5.43. The van der Waals surface area contributed by atoms with Crippen LogP contribution in [0.2, 0.25) is 0 Å². The number of nitrogens with zero attached hydrogens (tertiary/aromatic N) is 1. The van der Waals surface area contributed by atoms with Crippen molar-refractivity contribution in [1.82, 2.24) is 4.90 Å². The molecule has 2 atom stereocenters. The summed E-state index contributed by atoms with van der Waals surface area (Å²) in [7, 11) is 0. The quantitative estimate of drug-likeness (QED) is 0.676. The Hall–Kier alpha value is -1.06. The lowest BCUT2D eigenvalue weighted by atomic mass is 9.66. The van der Waals surface area contributed by atoms with Gasteiger partial charge < -0.3 is 9.64 Å². The number of rotatable bonds is 0. The molecule has 106 valence electrons. The highest BCUT2D eigenvalue weighted by Crippen LogP contribution is 2.57. The van der Waals surface area contributed by atoms with E-state index in [1.165, 1.54) is 0 Å². The number of carbonyl (C=O) groups excluding carboxylic acids is 2. The molecule has 3 aliphatic rings. The second kappa shape index (κ2) is 3.97. The zero-order valence-electron chi connectivity index (χ0n) is 12.1. The van der Waals surface area contributed by atoms with Crippen molar-refractivity contribution in [2.75, 3.05) is 13.1 Å². The number of hydrogen-bond acceptors (Lipinski definition) is 3. The van der Waals surface area contributed by atoms with E-state index in [1.807, 2.05) is 25.7 Å². The molecular weight excluding hydrogens is 242 g/mol. The van der Waals surface area contributed by atoms with Crippen LogP contribution in [0.25, 0.3) is 0 Å². The Morgan fingerprint density at radius 1 is 1.21 bits per heavy atom. The third-order valence-corrected chi connectivity index (χ3v) is 4.76. The number of hydrogen-bond donors (Lipinski definition) is 0. The van der Waals surface area contributed by atoms with Crippen LogP contribution >= 0.6 is 0 Å². The molecule has 4 heteroatoms. The zero-order chi connectivity index (χ0) is 13.8. The maximum absolute atomic E-state index is 12.0. The molecule has 0 N–H and O–H groups in total. The second-order valence-corrected chi connectivity index (χ2v) is 7.71. The fourth-order valence-corrected chi connectivity index (χ4v) is 4.15. The topological polar surface area (TPSA) is 46.6 Å². The Kier molecular flexibility index (Phi) is 2.70. The van der Waals surface area contributed by atoms with Crippen LogP contribution in [-0.4, -0.2) is 35.5 Å². The van der Waals surface area contributed by atoms with E-state index in [1.54, 1.807) is 0 Å². The van der Waals surface area contributed by atoms with Gasteiger partial charge in [0.05, 0.1) is 0 Å². The van der Waals surface area contributed by atoms with Crippen LogP contribution < -0.4 is 0 Å². The van der Waals surface area contributed by atoms with Crippen LogP contribution in [0, 0.1) is 17.3 Å². The van der Waals surface area contributed by atoms with Crippen LogP contribution in [0.3, 0.4) is 0 Å². The minimum absolute atomic E-state index is 0.180. The number of ketones is 1. The molecule has 0 bridgehead atoms. The number of amides is 1. The van der Waals surface area contributed by atoms with Crippen LogP contribution in [0.1, 0.15) is 46.5 Å². The van der Waals surface area contributed by atoms with Gasteiger partial charge in [0.2, 0.25) is 0 Å². The normalized spacial score (nSPS) is 32.4. The van der Waals surface area contributed by atoms with Crippen molar-refractivity contribution in [2.24, 2.45) is 17.3 Å². The number of Topliss-reactive ketones (excluding diaryl/α,β-unsaturated/α-hetero) is 1. The lowest BCUT2D eigenvalue weighted by Crippen LogP contribution is -2.39. The molecule has 0 aromatic carbocycles. The number of carbonyl (C=O) groups is 2. The lowest BCUT2D eigenvalue weighted by Gasteiger charge is -2.38. The molecule has 0 radical (unpaired) electrons. The van der Waals surface area contributed by atoms with Crippen molar-refractivity contribution in [2.45, 2.75) is 52.1 Å². The second-order valence-electron chi connectivity index (χ2n) is 7.71. The van der Waals surface area contributed by atoms with Crippen LogP contribution in [0.4, 0.5) is 4.79 Å². The Bertz CT molecular complexity index is 400. The molecule has 4 nitrogen and oxygen atoms in total. The van der Waals surface area contributed by atoms with Crippen LogP contribution in [0.5, 0.6) is 0 Å². The van der Waals surface area contributed by atoms with Crippen molar-refractivity contribution in [3.05, 3.63) is 0 Å². The van der Waals surface area contributed by atoms with Crippen molar-refractivity contribution in [1.29, 1.82) is 0 Å². The molecule has 3 fully saturated rings. The van der Waals surface area contributed by atoms with E-state index >= 15 is 0 Å². The Balaban J connectivity index is 1.56. The van der Waals surface area contributed by atoms with Gasteiger partial charge in [-0.1, -0.05) is 0 Å². The first kappa shape index (κ1) is 12.9. The first-order valence-electron chi connectivity index (χ1n) is 7.26. The van der Waals surface area contributed by atoms with E-state index in [9.17, 15) is 9.59 Å². The Labute approximate surface area is 114 Å². The maximum Gasteiger partial charge on any atom is 0.410 e. The third kappa shape index (κ3) is 2.37. The van der Waals surface area contributed by atoms with E-state index in [0.29, 0.717) is 23.0 Å². The van der Waals surface area contributed by atoms with Crippen molar-refractivity contribution < 1.29 is 14.3 Å². The zero-order valence-corrected chi connectivity index (χ0v) is 12.1. The maximum atomic E-state index is 12.0. The van der Waals surface area contributed by atoms with E-state index in [4.69, 9.17) is 4.74 Å². The van der Waals surface area contributed by atoms with Crippen LogP contribution in [-0.2, 0) is 9.53 Å². The summed E-state index contributed by atoms with van der Waals surface area (Å²) in [6, 6.07) is 0. The molecule has 3 rings (SSSR count). The van der Waals surface area contributed by atoms with Gasteiger partial charge in [0.25, 0.3) is 0 Å². The van der Waals surface area contributed by atoms with E-state index < -0.39 is 5.60 Å². The average Bonchev–Trinajstić information content (AvgIpc) is 2.68. The molecule has 2 aliphatic carbocycles. The standard InChI is InChI=1S/C15H23NO3/c1-14(2,3)19-13(18)16-8-10-4-15(5-11(10)9-16)6-12(17)7-15/h10-11H,4-9H2,1-3H3. The lowest BCUT2D eigenvalue weighted by molar-refractivity contribution is -0.132. The molecule has 2 saturated carbocycles. The number of likely N-dealkylation sites (tertiary alicyclic amines) is 1. The summed E-state index contributed by atoms with van der Waals surface area (Å²) in [5.41, 5.74) is -0.108. The monoisotopic (exact) mass is 265 g/mol. The molecule has 1 aliphatic heterocycles. The van der Waals surface area contributed by atoms with Crippen molar-refractivity contribution >= 4 is 11.9 Å². The highest BCUT2D eigenvalue weighted by Gasteiger charge is 2.55. The van der Waals surface area contributed by atoms with Gasteiger partial charge in [-0.05, 0) is 50.9 Å². The molecule has 1 saturated heterocycles. The highest BCUT2D eigenvalue weighted by atomic mass is 16.6. The predicted octanol–water partition coefficient (Wildman–Crippen LogP) is 2.61. The van der Waals surface area contributed by atoms with E-state index in [2.05, 4.69) is 0 Å². The fourth-order valence-electron chi connectivity index (χ4n) is 4.15. The molecular formula is C15H23NO3. The largest absolute Gasteiger partial charge is 0.444 e. The molecule has 0 aromatic heterocycles. The van der Waals surface area contributed by atoms with Gasteiger partial charge in [0.15, 0.2) is 0 Å². The molecule has 0 aromatic rings. The van der Waals surface area contributed by atoms with Gasteiger partial charge in [0.1, 0.15) is 11.4 Å². The van der Waals surface area contributed by atoms with Crippen molar-refractivity contribution in [3.8, 4) is 0 Å². The Morgan fingerprint density at radius 2 is 1.74 bits per heavy atom. The minimum Gasteiger partial charge on any atom is -0.444 e. The van der Waals surface area contributed by atoms with E-state index in [0.717, 1.165) is 38.8 Å². The summed E-state index contributed by atoms with van der Waals surface area (Å²) in [5.74, 6) is 1.59. The molecule has 1 heterocycles. The third-order valence-electron chi connectivity index (χ3n) is 4.76. The summed E-state index contributed by atoms with van der Waals surface area (Å²) in [4.78, 5) is 25.1. The van der Waals surface area contributed by atoms with Crippen molar-refractivity contribution in [3.63, 3.8) is 0 Å². The van der Waals surface area contributed by atoms with E-state index in [-0.39, 0.29) is 6.09 Å². The van der Waals surface area contributed by atoms with Gasteiger partial charge in [-0.25, -0.2) is 4.79 Å². The molecule has 2 unspecified atom stereocenters. The SMILES string of the molecule is CC(C)(C)OC(=O)N1CC2CC3(CC(=O)C3)CC2C1. The Morgan fingerprint density at radius 3 is 2.16 bits per heavy atom. The molecule has 1 amide bonds. The molecule has 19 heavy (non-hydrogen) atoms. The first-order chi connectivity index (χ1) is 8.76. The summed E-state index contributed by atoms with van der Waals surface area (Å²) in [6.07, 6.45) is 3.64. The number of ether oxygens (including phenoxy) is 1. The van der Waals surface area contributed by atoms with Gasteiger partial charge in [-0.3, -0.25) is 4.79 Å². The van der Waals surface area contributed by atoms with Gasteiger partial charge >= 0.3 is 6.09 Å².